The van der Waals surface area contributed by atoms with Gasteiger partial charge in [-0.25, -0.2) is 0 Å². The van der Waals surface area contributed by atoms with Gasteiger partial charge >= 0.3 is 5.97 Å². The van der Waals surface area contributed by atoms with Crippen LogP contribution in [0.15, 0.2) is 0 Å². The highest BCUT2D eigenvalue weighted by atomic mass is 16.5. The van der Waals surface area contributed by atoms with Crippen molar-refractivity contribution in [2.75, 3.05) is 20.2 Å². The summed E-state index contributed by atoms with van der Waals surface area (Å²) in [5.41, 5.74) is -0.597. The van der Waals surface area contributed by atoms with Gasteiger partial charge in [0.15, 0.2) is 0 Å². The molecule has 4 heteroatoms. The molecule has 0 aromatic carbocycles. The van der Waals surface area contributed by atoms with E-state index in [1.54, 1.807) is 7.11 Å². The van der Waals surface area contributed by atoms with Crippen molar-refractivity contribution in [3.63, 3.8) is 0 Å². The lowest BCUT2D eigenvalue weighted by Crippen LogP contribution is -2.45. The lowest BCUT2D eigenvalue weighted by molar-refractivity contribution is -0.148. The number of ether oxygens (including phenoxy) is 1. The second-order valence-electron chi connectivity index (χ2n) is 3.95. The van der Waals surface area contributed by atoms with Gasteiger partial charge < -0.3 is 9.84 Å². The first kappa shape index (κ1) is 8.97. The minimum absolute atomic E-state index is 0.108. The van der Waals surface area contributed by atoms with Gasteiger partial charge in [-0.2, -0.15) is 0 Å². The molecular weight excluding hydrogens is 170 g/mol. The summed E-state index contributed by atoms with van der Waals surface area (Å²) in [7, 11) is 1.66. The van der Waals surface area contributed by atoms with Crippen LogP contribution in [0.3, 0.4) is 0 Å². The number of fused-ring (bicyclic) bond motifs is 1. The van der Waals surface area contributed by atoms with Crippen LogP contribution in [0.5, 0.6) is 0 Å². The van der Waals surface area contributed by atoms with Crippen LogP contribution in [0, 0.1) is 0 Å². The van der Waals surface area contributed by atoms with Crippen molar-refractivity contribution < 1.29 is 14.6 Å². The number of carboxylic acid groups (broad SMARTS) is 1. The van der Waals surface area contributed by atoms with Crippen LogP contribution in [0.1, 0.15) is 19.3 Å². The number of rotatable bonds is 2. The Kier molecular flexibility index (Phi) is 2.04. The molecule has 0 spiro atoms. The lowest BCUT2D eigenvalue weighted by Gasteiger charge is -2.26. The maximum Gasteiger partial charge on any atom is 0.324 e. The summed E-state index contributed by atoms with van der Waals surface area (Å²) in [6, 6.07) is 0. The molecule has 13 heavy (non-hydrogen) atoms. The van der Waals surface area contributed by atoms with Gasteiger partial charge in [0.2, 0.25) is 0 Å². The zero-order valence-electron chi connectivity index (χ0n) is 7.82. The van der Waals surface area contributed by atoms with Gasteiger partial charge in [0, 0.05) is 20.1 Å². The summed E-state index contributed by atoms with van der Waals surface area (Å²) < 4.78 is 5.22. The van der Waals surface area contributed by atoms with Crippen molar-refractivity contribution in [3.05, 3.63) is 0 Å². The normalized spacial score (nSPS) is 39.3. The van der Waals surface area contributed by atoms with Gasteiger partial charge in [0.25, 0.3) is 0 Å². The van der Waals surface area contributed by atoms with E-state index >= 15 is 0 Å². The Labute approximate surface area is 77.5 Å². The maximum atomic E-state index is 11.2. The maximum absolute atomic E-state index is 11.2. The molecule has 0 radical (unpaired) electrons. The van der Waals surface area contributed by atoms with Gasteiger partial charge in [0.05, 0.1) is 6.10 Å². The summed E-state index contributed by atoms with van der Waals surface area (Å²) in [6.07, 6.45) is 2.54. The molecule has 74 valence electrons. The fourth-order valence-electron chi connectivity index (χ4n) is 2.61. The molecule has 0 aromatic rings. The van der Waals surface area contributed by atoms with Crippen molar-refractivity contribution in [2.24, 2.45) is 0 Å². The van der Waals surface area contributed by atoms with E-state index in [-0.39, 0.29) is 6.10 Å². The van der Waals surface area contributed by atoms with Gasteiger partial charge in [0.1, 0.15) is 5.54 Å². The minimum atomic E-state index is -0.676. The summed E-state index contributed by atoms with van der Waals surface area (Å²) in [5.74, 6) is -0.676. The Morgan fingerprint density at radius 1 is 1.69 bits per heavy atom. The van der Waals surface area contributed by atoms with Crippen LogP contribution < -0.4 is 0 Å². The SMILES string of the molecule is CO[C@@H]1CN2CCC[C@]2(C(=O)O)C1. The number of methoxy groups -OCH3 is 1. The van der Waals surface area contributed by atoms with E-state index < -0.39 is 11.5 Å². The molecule has 0 unspecified atom stereocenters. The van der Waals surface area contributed by atoms with Crippen LogP contribution >= 0.6 is 0 Å². The number of carbonyl (C=O) groups is 1. The van der Waals surface area contributed by atoms with E-state index in [1.165, 1.54) is 0 Å². The molecular formula is C9H15NO3. The molecule has 2 heterocycles. The minimum Gasteiger partial charge on any atom is -0.480 e. The van der Waals surface area contributed by atoms with E-state index in [0.29, 0.717) is 6.42 Å². The van der Waals surface area contributed by atoms with Crippen LogP contribution in [0.25, 0.3) is 0 Å². The third kappa shape index (κ3) is 1.16. The molecule has 2 saturated heterocycles. The number of aliphatic carboxylic acids is 1. The lowest BCUT2D eigenvalue weighted by atomic mass is 9.94. The Balaban J connectivity index is 2.20. The average Bonchev–Trinajstić information content (AvgIpc) is 2.58. The predicted molar refractivity (Wildman–Crippen MR) is 46.6 cm³/mol. The van der Waals surface area contributed by atoms with Crippen LogP contribution in [-0.2, 0) is 9.53 Å². The van der Waals surface area contributed by atoms with Crippen LogP contribution in [0.2, 0.25) is 0 Å². The predicted octanol–water partition coefficient (Wildman–Crippen LogP) is 0.324. The molecule has 2 fully saturated rings. The first-order valence-electron chi connectivity index (χ1n) is 4.70. The number of carboxylic acids is 1. The molecule has 1 N–H and O–H groups in total. The number of hydrogen-bond acceptors (Lipinski definition) is 3. The zero-order valence-corrected chi connectivity index (χ0v) is 7.82. The van der Waals surface area contributed by atoms with E-state index in [9.17, 15) is 9.90 Å². The monoisotopic (exact) mass is 185 g/mol. The molecule has 0 bridgehead atoms. The Morgan fingerprint density at radius 2 is 2.46 bits per heavy atom. The van der Waals surface area contributed by atoms with Crippen LogP contribution in [-0.4, -0.2) is 47.8 Å². The molecule has 2 rings (SSSR count). The second-order valence-corrected chi connectivity index (χ2v) is 3.95. The number of hydrogen-bond donors (Lipinski definition) is 1. The number of nitrogens with zero attached hydrogens (tertiary/aromatic N) is 1. The summed E-state index contributed by atoms with van der Waals surface area (Å²) in [5, 5.41) is 9.19. The molecule has 0 amide bonds. The van der Waals surface area contributed by atoms with Crippen LogP contribution in [0.4, 0.5) is 0 Å². The first-order chi connectivity index (χ1) is 6.19. The standard InChI is InChI=1S/C9H15NO3/c1-13-7-5-9(8(11)12)3-2-4-10(9)6-7/h7H,2-6H2,1H3,(H,11,12)/t7-,9+/m0/s1. The summed E-state index contributed by atoms with van der Waals surface area (Å²) in [6.45, 7) is 1.69. The van der Waals surface area contributed by atoms with Crippen molar-refractivity contribution in [3.8, 4) is 0 Å². The van der Waals surface area contributed by atoms with E-state index in [0.717, 1.165) is 25.9 Å². The highest BCUT2D eigenvalue weighted by molar-refractivity contribution is 5.79. The molecule has 2 aliphatic rings. The molecule has 4 nitrogen and oxygen atoms in total. The van der Waals surface area contributed by atoms with Crippen molar-refractivity contribution in [1.29, 1.82) is 0 Å². The Bertz CT molecular complexity index is 231. The Morgan fingerprint density at radius 3 is 3.00 bits per heavy atom. The molecule has 0 saturated carbocycles. The van der Waals surface area contributed by atoms with Crippen molar-refractivity contribution >= 4 is 5.97 Å². The summed E-state index contributed by atoms with van der Waals surface area (Å²) in [4.78, 5) is 13.2. The molecule has 2 aliphatic heterocycles. The molecule has 0 aromatic heterocycles. The topological polar surface area (TPSA) is 49.8 Å². The zero-order chi connectivity index (χ0) is 9.47. The van der Waals surface area contributed by atoms with Gasteiger partial charge in [-0.3, -0.25) is 9.69 Å². The van der Waals surface area contributed by atoms with Gasteiger partial charge in [-0.15, -0.1) is 0 Å². The second kappa shape index (κ2) is 2.96. The molecule has 0 aliphatic carbocycles. The highest BCUT2D eigenvalue weighted by Gasteiger charge is 2.53. The Hall–Kier alpha value is -0.610. The largest absolute Gasteiger partial charge is 0.480 e. The third-order valence-corrected chi connectivity index (χ3v) is 3.34. The summed E-state index contributed by atoms with van der Waals surface area (Å²) >= 11 is 0. The highest BCUT2D eigenvalue weighted by Crippen LogP contribution is 2.39. The van der Waals surface area contributed by atoms with Gasteiger partial charge in [-0.05, 0) is 19.4 Å². The quantitative estimate of drug-likeness (QED) is 0.673. The fraction of sp³-hybridized carbons (Fsp3) is 0.889. The van der Waals surface area contributed by atoms with E-state index in [4.69, 9.17) is 4.74 Å². The van der Waals surface area contributed by atoms with E-state index in [1.807, 2.05) is 0 Å². The van der Waals surface area contributed by atoms with Gasteiger partial charge in [-0.1, -0.05) is 0 Å². The van der Waals surface area contributed by atoms with Crippen molar-refractivity contribution in [2.45, 2.75) is 30.9 Å². The molecule has 2 atom stereocenters. The smallest absolute Gasteiger partial charge is 0.324 e. The fourth-order valence-corrected chi connectivity index (χ4v) is 2.61. The average molecular weight is 185 g/mol. The first-order valence-corrected chi connectivity index (χ1v) is 4.70. The van der Waals surface area contributed by atoms with Crippen molar-refractivity contribution in [1.82, 2.24) is 4.90 Å². The third-order valence-electron chi connectivity index (χ3n) is 3.34. The van der Waals surface area contributed by atoms with E-state index in [2.05, 4.69) is 4.90 Å².